The lowest BCUT2D eigenvalue weighted by molar-refractivity contribution is 0.579. The number of primary sulfonamides is 1. The first kappa shape index (κ1) is 17.5. The first-order valence-electron chi connectivity index (χ1n) is 6.47. The summed E-state index contributed by atoms with van der Waals surface area (Å²) in [6.45, 7) is 1.43. The zero-order valence-corrected chi connectivity index (χ0v) is 13.8. The van der Waals surface area contributed by atoms with Gasteiger partial charge in [-0.25, -0.2) is 31.1 Å². The van der Waals surface area contributed by atoms with Gasteiger partial charge in [0.2, 0.25) is 20.0 Å². The topological polar surface area (TPSA) is 106 Å². The molecule has 0 saturated heterocycles. The van der Waals surface area contributed by atoms with Crippen LogP contribution in [0.1, 0.15) is 11.1 Å². The van der Waals surface area contributed by atoms with Crippen molar-refractivity contribution in [3.8, 4) is 0 Å². The van der Waals surface area contributed by atoms with Gasteiger partial charge in [-0.1, -0.05) is 12.1 Å². The second kappa shape index (κ2) is 6.36. The van der Waals surface area contributed by atoms with Crippen LogP contribution in [0.5, 0.6) is 0 Å². The predicted octanol–water partition coefficient (Wildman–Crippen LogP) is 1.26. The fraction of sp³-hybridized carbons (Fsp3) is 0.143. The highest BCUT2D eigenvalue weighted by Crippen LogP contribution is 2.15. The third-order valence-corrected chi connectivity index (χ3v) is 5.49. The van der Waals surface area contributed by atoms with Gasteiger partial charge in [-0.2, -0.15) is 0 Å². The maximum atomic E-state index is 13.2. The van der Waals surface area contributed by atoms with Crippen LogP contribution in [0.3, 0.4) is 0 Å². The number of halogens is 1. The quantitative estimate of drug-likeness (QED) is 0.839. The molecule has 0 bridgehead atoms. The van der Waals surface area contributed by atoms with Gasteiger partial charge in [0.1, 0.15) is 5.82 Å². The van der Waals surface area contributed by atoms with E-state index in [2.05, 4.69) is 4.72 Å². The Labute approximate surface area is 134 Å². The molecule has 0 fully saturated rings. The lowest BCUT2D eigenvalue weighted by Gasteiger charge is -2.08. The van der Waals surface area contributed by atoms with Crippen LogP contribution >= 0.6 is 0 Å². The Morgan fingerprint density at radius 1 is 1.00 bits per heavy atom. The van der Waals surface area contributed by atoms with Crippen LogP contribution in [0.25, 0.3) is 0 Å². The van der Waals surface area contributed by atoms with Crippen LogP contribution in [0.2, 0.25) is 0 Å². The van der Waals surface area contributed by atoms with Gasteiger partial charge in [-0.15, -0.1) is 0 Å². The van der Waals surface area contributed by atoms with E-state index in [1.54, 1.807) is 0 Å². The Morgan fingerprint density at radius 2 is 1.57 bits per heavy atom. The summed E-state index contributed by atoms with van der Waals surface area (Å²) in [6.07, 6.45) is 0. The minimum atomic E-state index is -3.80. The van der Waals surface area contributed by atoms with Crippen LogP contribution in [-0.2, 0) is 26.6 Å². The first-order valence-corrected chi connectivity index (χ1v) is 9.50. The number of rotatable bonds is 5. The van der Waals surface area contributed by atoms with Crippen molar-refractivity contribution in [3.63, 3.8) is 0 Å². The number of aryl methyl sites for hydroxylation is 1. The number of hydrogen-bond acceptors (Lipinski definition) is 4. The maximum absolute atomic E-state index is 13.2. The molecule has 9 heteroatoms. The summed E-state index contributed by atoms with van der Waals surface area (Å²) in [5.41, 5.74) is 0.783. The van der Waals surface area contributed by atoms with Gasteiger partial charge in [0, 0.05) is 6.54 Å². The van der Waals surface area contributed by atoms with E-state index in [1.807, 2.05) is 0 Å². The van der Waals surface area contributed by atoms with Gasteiger partial charge < -0.3 is 0 Å². The van der Waals surface area contributed by atoms with Gasteiger partial charge in [0.15, 0.2) is 0 Å². The van der Waals surface area contributed by atoms with E-state index in [4.69, 9.17) is 5.14 Å². The molecular weight excluding hydrogens is 343 g/mol. The summed E-state index contributed by atoms with van der Waals surface area (Å²) in [6, 6.07) is 9.00. The molecule has 2 aromatic rings. The molecule has 23 heavy (non-hydrogen) atoms. The molecule has 0 unspecified atom stereocenters. The highest BCUT2D eigenvalue weighted by atomic mass is 32.2. The first-order chi connectivity index (χ1) is 10.6. The minimum Gasteiger partial charge on any atom is -0.225 e. The Morgan fingerprint density at radius 3 is 2.09 bits per heavy atom. The predicted molar refractivity (Wildman–Crippen MR) is 83.0 cm³/mol. The molecule has 0 radical (unpaired) electrons. The second-order valence-corrected chi connectivity index (χ2v) is 8.25. The number of sulfonamides is 2. The second-order valence-electron chi connectivity index (χ2n) is 4.92. The van der Waals surface area contributed by atoms with E-state index in [1.165, 1.54) is 43.3 Å². The summed E-state index contributed by atoms with van der Waals surface area (Å²) in [7, 11) is -7.58. The van der Waals surface area contributed by atoms with Crippen LogP contribution in [-0.4, -0.2) is 16.8 Å². The number of nitrogens with one attached hydrogen (secondary N) is 1. The fourth-order valence-electron chi connectivity index (χ4n) is 1.84. The van der Waals surface area contributed by atoms with Gasteiger partial charge in [-0.05, 0) is 48.4 Å². The van der Waals surface area contributed by atoms with Gasteiger partial charge in [-0.3, -0.25) is 0 Å². The molecule has 0 aliphatic carbocycles. The van der Waals surface area contributed by atoms with Gasteiger partial charge >= 0.3 is 0 Å². The minimum absolute atomic E-state index is 0.0380. The average Bonchev–Trinajstić information content (AvgIpc) is 2.47. The average molecular weight is 358 g/mol. The van der Waals surface area contributed by atoms with E-state index >= 15 is 0 Å². The number of benzene rings is 2. The Hall–Kier alpha value is -1.81. The van der Waals surface area contributed by atoms with E-state index in [0.717, 1.165) is 6.07 Å². The van der Waals surface area contributed by atoms with Crippen molar-refractivity contribution in [2.24, 2.45) is 5.14 Å². The van der Waals surface area contributed by atoms with Crippen LogP contribution in [0, 0.1) is 12.7 Å². The van der Waals surface area contributed by atoms with E-state index in [-0.39, 0.29) is 21.9 Å². The SMILES string of the molecule is Cc1cc(S(=O)(=O)NCc2ccc(S(N)(=O)=O)cc2)ccc1F. The summed E-state index contributed by atoms with van der Waals surface area (Å²) in [4.78, 5) is -0.101. The van der Waals surface area contributed by atoms with Crippen molar-refractivity contribution in [1.29, 1.82) is 0 Å². The largest absolute Gasteiger partial charge is 0.240 e. The van der Waals surface area contributed by atoms with Crippen molar-refractivity contribution >= 4 is 20.0 Å². The molecule has 0 atom stereocenters. The van der Waals surface area contributed by atoms with Crippen molar-refractivity contribution in [1.82, 2.24) is 4.72 Å². The van der Waals surface area contributed by atoms with Crippen molar-refractivity contribution in [2.45, 2.75) is 23.3 Å². The molecule has 0 aliphatic rings. The summed E-state index contributed by atoms with van der Waals surface area (Å²) < 4.78 is 62.1. The molecule has 0 saturated carbocycles. The zero-order chi connectivity index (χ0) is 17.3. The van der Waals surface area contributed by atoms with Gasteiger partial charge in [0.05, 0.1) is 9.79 Å². The molecular formula is C14H15FN2O4S2. The number of nitrogens with two attached hydrogens (primary N) is 1. The highest BCUT2D eigenvalue weighted by Gasteiger charge is 2.15. The highest BCUT2D eigenvalue weighted by molar-refractivity contribution is 7.89. The van der Waals surface area contributed by atoms with E-state index in [0.29, 0.717) is 5.56 Å². The normalized spacial score (nSPS) is 12.3. The third kappa shape index (κ3) is 4.35. The molecule has 6 nitrogen and oxygen atoms in total. The van der Waals surface area contributed by atoms with Crippen LogP contribution in [0.4, 0.5) is 4.39 Å². The lowest BCUT2D eigenvalue weighted by atomic mass is 10.2. The molecule has 3 N–H and O–H groups in total. The fourth-order valence-corrected chi connectivity index (χ4v) is 3.46. The molecule has 0 spiro atoms. The lowest BCUT2D eigenvalue weighted by Crippen LogP contribution is -2.23. The maximum Gasteiger partial charge on any atom is 0.240 e. The molecule has 0 aromatic heterocycles. The van der Waals surface area contributed by atoms with E-state index < -0.39 is 25.9 Å². The Balaban J connectivity index is 2.14. The molecule has 124 valence electrons. The molecule has 0 amide bonds. The summed E-state index contributed by atoms with van der Waals surface area (Å²) >= 11 is 0. The molecule has 0 heterocycles. The molecule has 2 rings (SSSR count). The number of hydrogen-bond donors (Lipinski definition) is 2. The Bertz CT molecular complexity index is 924. The monoisotopic (exact) mass is 358 g/mol. The van der Waals surface area contributed by atoms with Crippen molar-refractivity contribution in [2.75, 3.05) is 0 Å². The summed E-state index contributed by atoms with van der Waals surface area (Å²) in [5, 5.41) is 4.98. The smallest absolute Gasteiger partial charge is 0.225 e. The van der Waals surface area contributed by atoms with Crippen LogP contribution < -0.4 is 9.86 Å². The van der Waals surface area contributed by atoms with E-state index in [9.17, 15) is 21.2 Å². The summed E-state index contributed by atoms with van der Waals surface area (Å²) in [5.74, 6) is -0.484. The standard InChI is InChI=1S/C14H15FN2O4S2/c1-10-8-13(6-7-14(10)15)23(20,21)17-9-11-2-4-12(5-3-11)22(16,18)19/h2-8,17H,9H2,1H3,(H2,16,18,19). The van der Waals surface area contributed by atoms with Crippen molar-refractivity contribution < 1.29 is 21.2 Å². The zero-order valence-electron chi connectivity index (χ0n) is 12.2. The molecule has 2 aromatic carbocycles. The van der Waals surface area contributed by atoms with Crippen LogP contribution in [0.15, 0.2) is 52.3 Å². The van der Waals surface area contributed by atoms with Gasteiger partial charge in [0.25, 0.3) is 0 Å². The van der Waals surface area contributed by atoms with Crippen molar-refractivity contribution in [3.05, 3.63) is 59.4 Å². The molecule has 0 aliphatic heterocycles. The third-order valence-electron chi connectivity index (χ3n) is 3.16. The Kier molecular flexibility index (Phi) is 4.85.